The van der Waals surface area contributed by atoms with E-state index in [4.69, 9.17) is 9.47 Å². The van der Waals surface area contributed by atoms with Crippen LogP contribution in [-0.4, -0.2) is 22.1 Å². The number of hydrogen-bond acceptors (Lipinski definition) is 7. The molecule has 9 nitrogen and oxygen atoms in total. The number of Topliss-reactive ketones (excluding diaryl/α,β-unsaturated/α-hetero) is 1. The van der Waals surface area contributed by atoms with E-state index in [1.165, 1.54) is 12.1 Å². The lowest BCUT2D eigenvalue weighted by Gasteiger charge is -2.41. The number of rotatable bonds is 4. The van der Waals surface area contributed by atoms with Crippen molar-refractivity contribution >= 4 is 23.0 Å². The minimum absolute atomic E-state index is 0.00913. The number of allylic oxidation sites excluding steroid dienone is 3. The van der Waals surface area contributed by atoms with Crippen LogP contribution in [0.2, 0.25) is 0 Å². The van der Waals surface area contributed by atoms with Crippen LogP contribution in [0, 0.1) is 21.4 Å². The highest BCUT2D eigenvalue weighted by Crippen LogP contribution is 2.50. The van der Waals surface area contributed by atoms with Gasteiger partial charge in [-0.2, -0.15) is 5.26 Å². The molecule has 0 saturated carbocycles. The molecule has 0 amide bonds. The maximum Gasteiger partial charge on any atom is 0.269 e. The molecular weight excluding hydrogens is 460 g/mol. The predicted octanol–water partition coefficient (Wildman–Crippen LogP) is 5.13. The summed E-state index contributed by atoms with van der Waals surface area (Å²) >= 11 is 0. The molecule has 3 aromatic rings. The second kappa shape index (κ2) is 8.43. The van der Waals surface area contributed by atoms with Gasteiger partial charge in [0.15, 0.2) is 17.3 Å². The summed E-state index contributed by atoms with van der Waals surface area (Å²) < 4.78 is 12.9. The Morgan fingerprint density at radius 1 is 1.03 bits per heavy atom. The summed E-state index contributed by atoms with van der Waals surface area (Å²) in [6.45, 7) is 0.125. The molecule has 6 rings (SSSR count). The van der Waals surface area contributed by atoms with Crippen LogP contribution in [0.1, 0.15) is 30.7 Å². The van der Waals surface area contributed by atoms with Gasteiger partial charge in [-0.25, -0.2) is 0 Å². The van der Waals surface area contributed by atoms with E-state index in [1.807, 2.05) is 46.1 Å². The first-order chi connectivity index (χ1) is 17.6. The van der Waals surface area contributed by atoms with Crippen LogP contribution in [0.3, 0.4) is 0 Å². The highest BCUT2D eigenvalue weighted by Gasteiger charge is 2.42. The standard InChI is InChI=1S/C27H20N4O5/c28-15-20-25(17-6-11-23-24(14-17)36-16-35-23)26-21(4-3-5-22(26)32)30(27(20)29-12-1-2-13-29)18-7-9-19(10-8-18)31(33)34/h1-2,6-14,25H,3-5,16H2/t25-/m1/s1. The van der Waals surface area contributed by atoms with Crippen LogP contribution in [0.15, 0.2) is 83.8 Å². The fourth-order valence-corrected chi connectivity index (χ4v) is 5.20. The van der Waals surface area contributed by atoms with E-state index < -0.39 is 10.8 Å². The van der Waals surface area contributed by atoms with Crippen LogP contribution in [0.4, 0.5) is 11.4 Å². The minimum atomic E-state index is -0.584. The Balaban J connectivity index is 1.62. The number of nitro benzene ring substituents is 1. The van der Waals surface area contributed by atoms with Gasteiger partial charge in [-0.15, -0.1) is 0 Å². The van der Waals surface area contributed by atoms with Crippen LogP contribution >= 0.6 is 0 Å². The van der Waals surface area contributed by atoms with E-state index in [2.05, 4.69) is 6.07 Å². The van der Waals surface area contributed by atoms with Gasteiger partial charge in [-0.05, 0) is 54.8 Å². The molecule has 2 aromatic carbocycles. The molecule has 1 aliphatic carbocycles. The van der Waals surface area contributed by atoms with Crippen molar-refractivity contribution in [2.75, 3.05) is 11.7 Å². The Morgan fingerprint density at radius 3 is 2.50 bits per heavy atom. The Hall–Kier alpha value is -4.84. The first-order valence-electron chi connectivity index (χ1n) is 11.5. The topological polar surface area (TPSA) is 111 Å². The van der Waals surface area contributed by atoms with Crippen molar-refractivity contribution in [3.05, 3.63) is 99.5 Å². The smallest absolute Gasteiger partial charge is 0.269 e. The van der Waals surface area contributed by atoms with Crippen LogP contribution in [-0.2, 0) is 4.79 Å². The Kier molecular flexibility index (Phi) is 5.08. The largest absolute Gasteiger partial charge is 0.454 e. The molecule has 0 unspecified atom stereocenters. The minimum Gasteiger partial charge on any atom is -0.454 e. The van der Waals surface area contributed by atoms with Crippen molar-refractivity contribution in [1.82, 2.24) is 4.57 Å². The number of aromatic nitrogens is 1. The molecular formula is C27H20N4O5. The van der Waals surface area contributed by atoms with Crippen molar-refractivity contribution in [2.24, 2.45) is 0 Å². The summed E-state index contributed by atoms with van der Waals surface area (Å²) in [5.74, 6) is 1.20. The fourth-order valence-electron chi connectivity index (χ4n) is 5.20. The van der Waals surface area contributed by atoms with Crippen molar-refractivity contribution < 1.29 is 19.2 Å². The number of nitriles is 1. The molecule has 1 atom stereocenters. The highest BCUT2D eigenvalue weighted by molar-refractivity contribution is 6.03. The molecule has 36 heavy (non-hydrogen) atoms. The molecule has 0 spiro atoms. The lowest BCUT2D eigenvalue weighted by molar-refractivity contribution is -0.384. The predicted molar refractivity (Wildman–Crippen MR) is 130 cm³/mol. The van der Waals surface area contributed by atoms with Gasteiger partial charge >= 0.3 is 0 Å². The maximum atomic E-state index is 13.5. The molecule has 0 fully saturated rings. The monoisotopic (exact) mass is 480 g/mol. The van der Waals surface area contributed by atoms with Gasteiger partial charge in [-0.1, -0.05) is 6.07 Å². The van der Waals surface area contributed by atoms with Gasteiger partial charge in [0.05, 0.1) is 22.5 Å². The molecule has 178 valence electrons. The number of nitro groups is 1. The summed E-state index contributed by atoms with van der Waals surface area (Å²) in [4.78, 5) is 26.2. The van der Waals surface area contributed by atoms with Gasteiger partial charge in [0.1, 0.15) is 5.82 Å². The number of carbonyl (C=O) groups excluding carboxylic acids is 1. The third-order valence-electron chi connectivity index (χ3n) is 6.75. The van der Waals surface area contributed by atoms with Crippen LogP contribution in [0.25, 0.3) is 5.82 Å². The molecule has 2 aliphatic heterocycles. The number of ether oxygens (including phenoxy) is 2. The number of ketones is 1. The van der Waals surface area contributed by atoms with Gasteiger partial charge in [0, 0.05) is 47.9 Å². The third-order valence-corrected chi connectivity index (χ3v) is 6.75. The number of benzene rings is 2. The summed E-state index contributed by atoms with van der Waals surface area (Å²) in [5, 5.41) is 21.8. The molecule has 3 aliphatic rings. The number of anilines is 1. The summed E-state index contributed by atoms with van der Waals surface area (Å²) in [7, 11) is 0. The van der Waals surface area contributed by atoms with Crippen molar-refractivity contribution in [2.45, 2.75) is 25.2 Å². The van der Waals surface area contributed by atoms with Crippen LogP contribution < -0.4 is 14.4 Å². The molecule has 0 radical (unpaired) electrons. The highest BCUT2D eigenvalue weighted by atomic mass is 16.7. The zero-order valence-corrected chi connectivity index (χ0v) is 19.1. The number of fused-ring (bicyclic) bond motifs is 1. The normalized spacial score (nSPS) is 18.8. The second-order valence-electron chi connectivity index (χ2n) is 8.73. The zero-order chi connectivity index (χ0) is 24.8. The Bertz CT molecular complexity index is 1500. The number of hydrogen-bond donors (Lipinski definition) is 0. The molecule has 0 saturated heterocycles. The van der Waals surface area contributed by atoms with Gasteiger partial charge in [0.2, 0.25) is 6.79 Å². The van der Waals surface area contributed by atoms with Gasteiger partial charge in [-0.3, -0.25) is 19.8 Å². The first kappa shape index (κ1) is 21.7. The molecule has 1 aromatic heterocycles. The van der Waals surface area contributed by atoms with E-state index in [-0.39, 0.29) is 18.3 Å². The second-order valence-corrected chi connectivity index (χ2v) is 8.73. The SMILES string of the molecule is N#CC1=C(n2cccc2)N(c2ccc([N+](=O)[O-])cc2)C2=C(C(=O)CCC2)[C@@H]1c1ccc2c(c1)OCO2. The van der Waals surface area contributed by atoms with E-state index in [9.17, 15) is 20.2 Å². The molecule has 9 heteroatoms. The summed E-state index contributed by atoms with van der Waals surface area (Å²) in [6.07, 6.45) is 5.39. The van der Waals surface area contributed by atoms with Crippen LogP contribution in [0.5, 0.6) is 11.5 Å². The average Bonchev–Trinajstić information content (AvgIpc) is 3.59. The van der Waals surface area contributed by atoms with Crippen molar-refractivity contribution in [1.29, 1.82) is 5.26 Å². The summed E-state index contributed by atoms with van der Waals surface area (Å²) in [6, 6.07) is 17.8. The quantitative estimate of drug-likeness (QED) is 0.376. The van der Waals surface area contributed by atoms with Crippen molar-refractivity contribution in [3.8, 4) is 17.6 Å². The van der Waals surface area contributed by atoms with E-state index >= 15 is 0 Å². The molecule has 0 N–H and O–H groups in total. The Labute approximate surface area is 206 Å². The molecule has 0 bridgehead atoms. The summed E-state index contributed by atoms with van der Waals surface area (Å²) in [5.41, 5.74) is 3.15. The maximum absolute atomic E-state index is 13.5. The Morgan fingerprint density at radius 2 is 1.78 bits per heavy atom. The average molecular weight is 480 g/mol. The first-order valence-corrected chi connectivity index (χ1v) is 11.5. The number of non-ortho nitro benzene ring substituents is 1. The zero-order valence-electron chi connectivity index (χ0n) is 19.1. The van der Waals surface area contributed by atoms with Gasteiger partial charge < -0.3 is 14.0 Å². The lowest BCUT2D eigenvalue weighted by Crippen LogP contribution is -2.36. The van der Waals surface area contributed by atoms with E-state index in [0.29, 0.717) is 53.4 Å². The van der Waals surface area contributed by atoms with E-state index in [0.717, 1.165) is 11.3 Å². The fraction of sp³-hybridized carbons (Fsp3) is 0.185. The number of nitrogens with zero attached hydrogens (tertiary/aromatic N) is 4. The third kappa shape index (κ3) is 3.34. The van der Waals surface area contributed by atoms with E-state index in [1.54, 1.807) is 18.2 Å². The van der Waals surface area contributed by atoms with Gasteiger partial charge in [0.25, 0.3) is 5.69 Å². The van der Waals surface area contributed by atoms with Crippen molar-refractivity contribution in [3.63, 3.8) is 0 Å². The number of carbonyl (C=O) groups is 1. The molecule has 3 heterocycles. The lowest BCUT2D eigenvalue weighted by atomic mass is 9.75.